The molecule has 2 rings (SSSR count). The van der Waals surface area contributed by atoms with E-state index in [4.69, 9.17) is 5.11 Å². The van der Waals surface area contributed by atoms with Crippen LogP contribution in [0.1, 0.15) is 65.4 Å². The van der Waals surface area contributed by atoms with Crippen LogP contribution in [0, 0.1) is 12.8 Å². The highest BCUT2D eigenvalue weighted by Gasteiger charge is 2.24. The van der Waals surface area contributed by atoms with E-state index >= 15 is 0 Å². The average Bonchev–Trinajstić information content (AvgIpc) is 2.82. The fraction of sp³-hybridized carbons (Fsp3) is 0.643. The van der Waals surface area contributed by atoms with Crippen molar-refractivity contribution in [2.45, 2.75) is 52.0 Å². The molecule has 1 aliphatic carbocycles. The van der Waals surface area contributed by atoms with Crippen molar-refractivity contribution in [3.63, 3.8) is 0 Å². The monoisotopic (exact) mass is 296 g/mol. The number of nitrogens with one attached hydrogen (secondary N) is 1. The van der Waals surface area contributed by atoms with Crippen LogP contribution in [-0.4, -0.2) is 22.0 Å². The molecule has 1 aromatic rings. The molecule has 110 valence electrons. The van der Waals surface area contributed by atoms with E-state index in [0.717, 1.165) is 37.0 Å². The van der Waals surface area contributed by atoms with Gasteiger partial charge < -0.3 is 10.4 Å². The lowest BCUT2D eigenvalue weighted by Gasteiger charge is -2.22. The first-order valence-electron chi connectivity index (χ1n) is 7.00. The number of amides is 1. The second kappa shape index (κ2) is 6.35. The molecule has 20 heavy (non-hydrogen) atoms. The van der Waals surface area contributed by atoms with Gasteiger partial charge in [0.25, 0.3) is 0 Å². The Bertz CT molecular complexity index is 507. The molecule has 1 fully saturated rings. The summed E-state index contributed by atoms with van der Waals surface area (Å²) in [6.45, 7) is 3.53. The van der Waals surface area contributed by atoms with Crippen LogP contribution in [0.25, 0.3) is 0 Å². The molecule has 1 unspecified atom stereocenters. The van der Waals surface area contributed by atoms with Crippen molar-refractivity contribution in [3.05, 3.63) is 15.6 Å². The van der Waals surface area contributed by atoms with Crippen LogP contribution in [-0.2, 0) is 4.79 Å². The molecule has 1 amide bonds. The van der Waals surface area contributed by atoms with Gasteiger partial charge in [0.2, 0.25) is 5.91 Å². The Morgan fingerprint density at radius 1 is 1.35 bits per heavy atom. The second-order valence-electron chi connectivity index (χ2n) is 5.34. The molecule has 0 bridgehead atoms. The quantitative estimate of drug-likeness (QED) is 0.895. The number of aryl methyl sites for hydroxylation is 1. The summed E-state index contributed by atoms with van der Waals surface area (Å²) in [5, 5.41) is 12.6. The van der Waals surface area contributed by atoms with E-state index in [1.54, 1.807) is 6.92 Å². The maximum atomic E-state index is 12.2. The van der Waals surface area contributed by atoms with Crippen LogP contribution >= 0.6 is 11.3 Å². The molecule has 1 heterocycles. The SMILES string of the molecule is Cc1nc(C(C)NC(=O)C2CCCCC2)sc1C(=O)O. The number of carbonyl (C=O) groups excluding carboxylic acids is 1. The third kappa shape index (κ3) is 3.36. The lowest BCUT2D eigenvalue weighted by molar-refractivity contribution is -0.126. The minimum atomic E-state index is -0.961. The largest absolute Gasteiger partial charge is 0.477 e. The highest BCUT2D eigenvalue weighted by atomic mass is 32.1. The first kappa shape index (κ1) is 15.0. The lowest BCUT2D eigenvalue weighted by Crippen LogP contribution is -2.33. The van der Waals surface area contributed by atoms with E-state index in [1.807, 2.05) is 6.92 Å². The van der Waals surface area contributed by atoms with Gasteiger partial charge in [-0.3, -0.25) is 4.79 Å². The fourth-order valence-corrected chi connectivity index (χ4v) is 3.47. The molecule has 0 spiro atoms. The van der Waals surface area contributed by atoms with E-state index in [-0.39, 0.29) is 22.7 Å². The summed E-state index contributed by atoms with van der Waals surface area (Å²) >= 11 is 1.14. The van der Waals surface area contributed by atoms with Crippen LogP contribution in [0.3, 0.4) is 0 Å². The smallest absolute Gasteiger partial charge is 0.347 e. The normalized spacial score (nSPS) is 17.7. The van der Waals surface area contributed by atoms with Crippen LogP contribution in [0.15, 0.2) is 0 Å². The number of carboxylic acid groups (broad SMARTS) is 1. The van der Waals surface area contributed by atoms with E-state index < -0.39 is 5.97 Å². The first-order valence-corrected chi connectivity index (χ1v) is 7.81. The third-order valence-corrected chi connectivity index (χ3v) is 5.04. The van der Waals surface area contributed by atoms with Crippen molar-refractivity contribution < 1.29 is 14.7 Å². The molecule has 2 N–H and O–H groups in total. The van der Waals surface area contributed by atoms with Crippen molar-refractivity contribution >= 4 is 23.2 Å². The fourth-order valence-electron chi connectivity index (χ4n) is 2.56. The number of carboxylic acids is 1. The molecule has 1 aromatic heterocycles. The zero-order valence-corrected chi connectivity index (χ0v) is 12.6. The summed E-state index contributed by atoms with van der Waals surface area (Å²) in [6, 6.07) is -0.235. The van der Waals surface area contributed by atoms with E-state index in [9.17, 15) is 9.59 Å². The van der Waals surface area contributed by atoms with E-state index in [2.05, 4.69) is 10.3 Å². The standard InChI is InChI=1S/C14H20N2O3S/c1-8-11(14(18)19)20-13(16-8)9(2)15-12(17)10-6-4-3-5-7-10/h9-10H,3-7H2,1-2H3,(H,15,17)(H,18,19). The molecule has 0 aliphatic heterocycles. The number of hydrogen-bond donors (Lipinski definition) is 2. The van der Waals surface area contributed by atoms with Crippen molar-refractivity contribution in [1.29, 1.82) is 0 Å². The Balaban J connectivity index is 2.00. The summed E-state index contributed by atoms with van der Waals surface area (Å²) in [7, 11) is 0. The second-order valence-corrected chi connectivity index (χ2v) is 6.37. The molecule has 0 saturated heterocycles. The van der Waals surface area contributed by atoms with Gasteiger partial charge in [0, 0.05) is 5.92 Å². The molecule has 1 saturated carbocycles. The van der Waals surface area contributed by atoms with E-state index in [1.165, 1.54) is 6.42 Å². The van der Waals surface area contributed by atoms with Gasteiger partial charge >= 0.3 is 5.97 Å². The van der Waals surface area contributed by atoms with E-state index in [0.29, 0.717) is 10.7 Å². The van der Waals surface area contributed by atoms with Crippen molar-refractivity contribution in [1.82, 2.24) is 10.3 Å². The zero-order valence-electron chi connectivity index (χ0n) is 11.8. The zero-order chi connectivity index (χ0) is 14.7. The number of aromatic carboxylic acids is 1. The summed E-state index contributed by atoms with van der Waals surface area (Å²) in [4.78, 5) is 27.7. The molecule has 1 aliphatic rings. The van der Waals surface area contributed by atoms with Gasteiger partial charge in [-0.25, -0.2) is 9.78 Å². The molecule has 5 nitrogen and oxygen atoms in total. The minimum absolute atomic E-state index is 0.0712. The predicted octanol–water partition coefficient (Wildman–Crippen LogP) is 2.91. The van der Waals surface area contributed by atoms with Crippen LogP contribution in [0.5, 0.6) is 0 Å². The maximum Gasteiger partial charge on any atom is 0.347 e. The van der Waals surface area contributed by atoms with Gasteiger partial charge in [-0.05, 0) is 26.7 Å². The Labute approximate surface area is 122 Å². The number of aromatic nitrogens is 1. The minimum Gasteiger partial charge on any atom is -0.477 e. The summed E-state index contributed by atoms with van der Waals surface area (Å²) in [5.41, 5.74) is 0.510. The van der Waals surface area contributed by atoms with Crippen LogP contribution < -0.4 is 5.32 Å². The van der Waals surface area contributed by atoms with Gasteiger partial charge in [0.1, 0.15) is 9.88 Å². The maximum absolute atomic E-state index is 12.2. The van der Waals surface area contributed by atoms with Gasteiger partial charge in [-0.2, -0.15) is 0 Å². The number of hydrogen-bond acceptors (Lipinski definition) is 4. The molecule has 1 atom stereocenters. The van der Waals surface area contributed by atoms with Crippen molar-refractivity contribution in [2.75, 3.05) is 0 Å². The predicted molar refractivity (Wildman–Crippen MR) is 76.9 cm³/mol. The number of carbonyl (C=O) groups is 2. The first-order chi connectivity index (χ1) is 9.49. The molecule has 6 heteroatoms. The Hall–Kier alpha value is -1.43. The summed E-state index contributed by atoms with van der Waals surface area (Å²) in [5.74, 6) is -0.787. The molecular weight excluding hydrogens is 276 g/mol. The highest BCUT2D eigenvalue weighted by Crippen LogP contribution is 2.26. The topological polar surface area (TPSA) is 79.3 Å². The lowest BCUT2D eigenvalue weighted by atomic mass is 9.88. The molecule has 0 radical (unpaired) electrons. The Morgan fingerprint density at radius 3 is 2.55 bits per heavy atom. The van der Waals surface area contributed by atoms with Crippen molar-refractivity contribution in [2.24, 2.45) is 5.92 Å². The van der Waals surface area contributed by atoms with Crippen LogP contribution in [0.2, 0.25) is 0 Å². The molecule has 0 aromatic carbocycles. The molecular formula is C14H20N2O3S. The van der Waals surface area contributed by atoms with Gasteiger partial charge in [-0.15, -0.1) is 11.3 Å². The van der Waals surface area contributed by atoms with Crippen LogP contribution in [0.4, 0.5) is 0 Å². The number of nitrogens with zero attached hydrogens (tertiary/aromatic N) is 1. The third-order valence-electron chi connectivity index (χ3n) is 3.71. The highest BCUT2D eigenvalue weighted by molar-refractivity contribution is 7.13. The summed E-state index contributed by atoms with van der Waals surface area (Å²) < 4.78 is 0. The number of thiazole rings is 1. The Morgan fingerprint density at radius 2 is 2.00 bits per heavy atom. The number of rotatable bonds is 4. The average molecular weight is 296 g/mol. The van der Waals surface area contributed by atoms with Gasteiger partial charge in [0.15, 0.2) is 0 Å². The Kier molecular flexibility index (Phi) is 4.75. The van der Waals surface area contributed by atoms with Gasteiger partial charge in [0.05, 0.1) is 11.7 Å². The van der Waals surface area contributed by atoms with Gasteiger partial charge in [-0.1, -0.05) is 19.3 Å². The van der Waals surface area contributed by atoms with Crippen molar-refractivity contribution in [3.8, 4) is 0 Å². The summed E-state index contributed by atoms with van der Waals surface area (Å²) in [6.07, 6.45) is 5.36.